The second-order valence-electron chi connectivity index (χ2n) is 4.78. The molecule has 0 radical (unpaired) electrons. The molecule has 0 bridgehead atoms. The Morgan fingerprint density at radius 1 is 0.905 bits per heavy atom. The number of carbonyl (C=O) groups is 2. The van der Waals surface area contributed by atoms with Crippen LogP contribution in [-0.2, 0) is 4.74 Å². The van der Waals surface area contributed by atoms with E-state index in [2.05, 4.69) is 15.0 Å². The number of azo groups is 1. The van der Waals surface area contributed by atoms with E-state index in [1.165, 1.54) is 0 Å². The van der Waals surface area contributed by atoms with Crippen molar-refractivity contribution in [1.82, 2.24) is 0 Å². The number of rotatable bonds is 4. The number of nitrogens with one attached hydrogen (secondary N) is 2. The molecule has 0 atom stereocenters. The highest BCUT2D eigenvalue weighted by Gasteiger charge is 2.25. The van der Waals surface area contributed by atoms with Gasteiger partial charge in [-0.1, -0.05) is 0 Å². The van der Waals surface area contributed by atoms with Gasteiger partial charge in [0, 0.05) is 0 Å². The zero-order valence-electron chi connectivity index (χ0n) is 12.2. The molecule has 0 heterocycles. The quantitative estimate of drug-likeness (QED) is 0.147. The fraction of sp³-hybridized carbons (Fsp3) is 0.600. The lowest BCUT2D eigenvalue weighted by molar-refractivity contribution is 0.0802. The molecule has 8 N–H and O–H groups in total. The Bertz CT molecular complexity index is 417. The van der Waals surface area contributed by atoms with Gasteiger partial charge in [-0.25, -0.2) is 9.59 Å². The van der Waals surface area contributed by atoms with Gasteiger partial charge in [0.1, 0.15) is 22.7 Å². The third kappa shape index (κ3) is 9.81. The standard InChI is InChI=1S/C8H18N6.C2H2O5/c1-7(2,5(9)10)13-14-8(3,4)6(11)12;3-1(4)7-2(5)6/h1-4H3,(H3,9,10)(H3,11,12);(H,3,4)(H,5,6). The van der Waals surface area contributed by atoms with Gasteiger partial charge in [-0.2, -0.15) is 10.2 Å². The van der Waals surface area contributed by atoms with E-state index in [0.29, 0.717) is 0 Å². The normalized spacial score (nSPS) is 11.2. The second kappa shape index (κ2) is 7.77. The van der Waals surface area contributed by atoms with E-state index < -0.39 is 23.4 Å². The number of nitrogens with zero attached hydrogens (tertiary/aromatic N) is 2. The molecule has 0 aliphatic heterocycles. The summed E-state index contributed by atoms with van der Waals surface area (Å²) in [5.74, 6) is -0.138. The molecule has 11 heteroatoms. The summed E-state index contributed by atoms with van der Waals surface area (Å²) in [6.45, 7) is 6.70. The minimum absolute atomic E-state index is 0.0689. The lowest BCUT2D eigenvalue weighted by Gasteiger charge is -2.20. The van der Waals surface area contributed by atoms with Crippen molar-refractivity contribution in [3.63, 3.8) is 0 Å². The Morgan fingerprint density at radius 3 is 1.24 bits per heavy atom. The summed E-state index contributed by atoms with van der Waals surface area (Å²) in [6.07, 6.45) is -3.62. The molecule has 0 aliphatic rings. The highest BCUT2D eigenvalue weighted by molar-refractivity contribution is 5.87. The first-order valence-electron chi connectivity index (χ1n) is 5.49. The molecule has 0 spiro atoms. The molecule has 120 valence electrons. The lowest BCUT2D eigenvalue weighted by Crippen LogP contribution is -2.38. The maximum Gasteiger partial charge on any atom is 0.516 e. The lowest BCUT2D eigenvalue weighted by atomic mass is 10.1. The summed E-state index contributed by atoms with van der Waals surface area (Å²) in [4.78, 5) is 18.4. The van der Waals surface area contributed by atoms with Crippen molar-refractivity contribution in [3.05, 3.63) is 0 Å². The molecule has 0 aromatic rings. The highest BCUT2D eigenvalue weighted by Crippen LogP contribution is 2.15. The van der Waals surface area contributed by atoms with Gasteiger partial charge in [0.15, 0.2) is 0 Å². The molecule has 0 amide bonds. The summed E-state index contributed by atoms with van der Waals surface area (Å²) in [5, 5.41) is 37.3. The predicted octanol–water partition coefficient (Wildman–Crippen LogP) is 1.23. The van der Waals surface area contributed by atoms with Crippen LogP contribution in [0.2, 0.25) is 0 Å². The third-order valence-electron chi connectivity index (χ3n) is 2.04. The fourth-order valence-corrected chi connectivity index (χ4v) is 0.432. The van der Waals surface area contributed by atoms with E-state index in [0.717, 1.165) is 0 Å². The van der Waals surface area contributed by atoms with E-state index in [-0.39, 0.29) is 11.7 Å². The van der Waals surface area contributed by atoms with Crippen LogP contribution in [0, 0.1) is 10.8 Å². The number of hydrogen-bond donors (Lipinski definition) is 6. The Morgan fingerprint density at radius 2 is 1.14 bits per heavy atom. The van der Waals surface area contributed by atoms with Crippen LogP contribution in [0.1, 0.15) is 27.7 Å². The first kappa shape index (κ1) is 20.6. The van der Waals surface area contributed by atoms with Crippen molar-refractivity contribution in [2.75, 3.05) is 0 Å². The number of ether oxygens (including phenoxy) is 1. The number of nitrogens with two attached hydrogens (primary N) is 2. The van der Waals surface area contributed by atoms with Gasteiger partial charge in [-0.3, -0.25) is 10.8 Å². The van der Waals surface area contributed by atoms with Crippen molar-refractivity contribution in [1.29, 1.82) is 10.8 Å². The van der Waals surface area contributed by atoms with Crippen LogP contribution in [0.15, 0.2) is 10.2 Å². The van der Waals surface area contributed by atoms with Crippen LogP contribution in [0.25, 0.3) is 0 Å². The molecule has 11 nitrogen and oxygen atoms in total. The Kier molecular flexibility index (Phi) is 7.62. The predicted molar refractivity (Wildman–Crippen MR) is 74.0 cm³/mol. The summed E-state index contributed by atoms with van der Waals surface area (Å²) in [5.41, 5.74) is 8.96. The second-order valence-corrected chi connectivity index (χ2v) is 4.78. The van der Waals surface area contributed by atoms with Crippen LogP contribution < -0.4 is 11.5 Å². The Hall–Kier alpha value is -2.72. The maximum absolute atomic E-state index is 9.21. The van der Waals surface area contributed by atoms with E-state index in [1.807, 2.05) is 0 Å². The third-order valence-corrected chi connectivity index (χ3v) is 2.04. The molecule has 0 saturated carbocycles. The van der Waals surface area contributed by atoms with E-state index >= 15 is 0 Å². The van der Waals surface area contributed by atoms with Gasteiger partial charge in [0.05, 0.1) is 0 Å². The Balaban J connectivity index is 0. The zero-order valence-corrected chi connectivity index (χ0v) is 12.2. The largest absolute Gasteiger partial charge is 0.516 e. The first-order chi connectivity index (χ1) is 9.22. The number of amidine groups is 2. The average molecular weight is 304 g/mol. The van der Waals surface area contributed by atoms with E-state index in [9.17, 15) is 9.59 Å². The maximum atomic E-state index is 9.21. The summed E-state index contributed by atoms with van der Waals surface area (Å²) < 4.78 is 3.08. The molecule has 0 rings (SSSR count). The molecule has 0 aliphatic carbocycles. The van der Waals surface area contributed by atoms with Gasteiger partial charge >= 0.3 is 12.3 Å². The van der Waals surface area contributed by atoms with Crippen LogP contribution in [0.3, 0.4) is 0 Å². The molecule has 0 unspecified atom stereocenters. The molecular weight excluding hydrogens is 284 g/mol. The smallest absolute Gasteiger partial charge is 0.449 e. The van der Waals surface area contributed by atoms with Crippen molar-refractivity contribution in [2.45, 2.75) is 38.8 Å². The SMILES string of the molecule is CC(C)(N=NC(C)(C)C(=N)N)C(=N)N.O=C(O)OC(=O)O. The molecule has 0 aromatic heterocycles. The molecule has 0 aromatic carbocycles. The molecular formula is C10H20N6O5. The molecule has 0 fully saturated rings. The van der Waals surface area contributed by atoms with Crippen LogP contribution in [0.4, 0.5) is 9.59 Å². The van der Waals surface area contributed by atoms with Crippen LogP contribution in [-0.4, -0.2) is 45.3 Å². The van der Waals surface area contributed by atoms with Crippen molar-refractivity contribution >= 4 is 24.0 Å². The van der Waals surface area contributed by atoms with E-state index in [4.69, 9.17) is 32.5 Å². The fourth-order valence-electron chi connectivity index (χ4n) is 0.432. The summed E-state index contributed by atoms with van der Waals surface area (Å²) >= 11 is 0. The van der Waals surface area contributed by atoms with Crippen molar-refractivity contribution < 1.29 is 24.5 Å². The molecule has 21 heavy (non-hydrogen) atoms. The van der Waals surface area contributed by atoms with Crippen molar-refractivity contribution in [2.24, 2.45) is 21.7 Å². The van der Waals surface area contributed by atoms with Gasteiger partial charge in [0.2, 0.25) is 0 Å². The Labute approximate surface area is 121 Å². The first-order valence-corrected chi connectivity index (χ1v) is 5.49. The highest BCUT2D eigenvalue weighted by atomic mass is 16.7. The van der Waals surface area contributed by atoms with Gasteiger partial charge < -0.3 is 26.4 Å². The minimum atomic E-state index is -1.81. The van der Waals surface area contributed by atoms with Crippen LogP contribution >= 0.6 is 0 Å². The minimum Gasteiger partial charge on any atom is -0.449 e. The topological polar surface area (TPSA) is 208 Å². The van der Waals surface area contributed by atoms with Gasteiger partial charge in [0.25, 0.3) is 0 Å². The number of carboxylic acid groups (broad SMARTS) is 2. The summed E-state index contributed by atoms with van der Waals surface area (Å²) in [6, 6.07) is 0. The van der Waals surface area contributed by atoms with Gasteiger partial charge in [-0.15, -0.1) is 0 Å². The van der Waals surface area contributed by atoms with Crippen LogP contribution in [0.5, 0.6) is 0 Å². The monoisotopic (exact) mass is 304 g/mol. The average Bonchev–Trinajstić information content (AvgIpc) is 2.25. The molecule has 0 saturated heterocycles. The summed E-state index contributed by atoms with van der Waals surface area (Å²) in [7, 11) is 0. The van der Waals surface area contributed by atoms with Gasteiger partial charge in [-0.05, 0) is 27.7 Å². The zero-order chi connectivity index (χ0) is 17.4. The number of hydrogen-bond acceptors (Lipinski definition) is 7. The van der Waals surface area contributed by atoms with Crippen molar-refractivity contribution in [3.8, 4) is 0 Å². The van der Waals surface area contributed by atoms with E-state index in [1.54, 1.807) is 27.7 Å².